The lowest BCUT2D eigenvalue weighted by Gasteiger charge is -2.16. The molecule has 0 aliphatic rings. The van der Waals surface area contributed by atoms with E-state index in [0.29, 0.717) is 0 Å². The zero-order valence-electron chi connectivity index (χ0n) is 7.45. The summed E-state index contributed by atoms with van der Waals surface area (Å²) < 4.78 is 25.2. The first-order chi connectivity index (χ1) is 5.58. The molecule has 0 N–H and O–H groups in total. The molecule has 1 unspecified atom stereocenters. The Balaban J connectivity index is 4.04. The van der Waals surface area contributed by atoms with Crippen molar-refractivity contribution in [3.63, 3.8) is 0 Å². The predicted octanol–water partition coefficient (Wildman–Crippen LogP) is 3.12. The van der Waals surface area contributed by atoms with Gasteiger partial charge in [0.05, 0.1) is 24.6 Å². The molecule has 0 aromatic rings. The van der Waals surface area contributed by atoms with Crippen molar-refractivity contribution < 1.29 is 17.7 Å². The van der Waals surface area contributed by atoms with E-state index in [-0.39, 0.29) is 12.7 Å². The lowest BCUT2D eigenvalue weighted by atomic mass is 10.3. The second-order valence-electron chi connectivity index (χ2n) is 2.26. The van der Waals surface area contributed by atoms with Gasteiger partial charge in [0.2, 0.25) is 0 Å². The van der Waals surface area contributed by atoms with Gasteiger partial charge in [0.25, 0.3) is 0 Å². The Labute approximate surface area is 77.9 Å². The molecule has 0 aromatic heterocycles. The zero-order chi connectivity index (χ0) is 9.61. The summed E-state index contributed by atoms with van der Waals surface area (Å²) in [5.74, 6) is 0. The second kappa shape index (κ2) is 5.95. The summed E-state index contributed by atoms with van der Waals surface area (Å²) in [6.45, 7) is 5.58. The van der Waals surface area contributed by atoms with E-state index < -0.39 is 7.82 Å². The van der Waals surface area contributed by atoms with Gasteiger partial charge in [-0.2, -0.15) is 4.08 Å². The average molecular weight is 217 g/mol. The first-order valence-electron chi connectivity index (χ1n) is 3.81. The molecule has 4 nitrogen and oxygen atoms in total. The van der Waals surface area contributed by atoms with Gasteiger partial charge in [0.15, 0.2) is 0 Å². The molecule has 0 fully saturated rings. The van der Waals surface area contributed by atoms with Gasteiger partial charge in [-0.25, -0.2) is 4.57 Å². The van der Waals surface area contributed by atoms with E-state index in [4.69, 9.17) is 20.9 Å². The van der Waals surface area contributed by atoms with Gasteiger partial charge in [-0.3, -0.25) is 9.05 Å². The molecular formula is C6H14ClO4P. The summed E-state index contributed by atoms with van der Waals surface area (Å²) in [6.07, 6.45) is 0.526. The first-order valence-corrected chi connectivity index (χ1v) is 5.58. The maximum atomic E-state index is 11.4. The summed E-state index contributed by atoms with van der Waals surface area (Å²) in [6, 6.07) is 0. The fourth-order valence-corrected chi connectivity index (χ4v) is 1.78. The molecule has 12 heavy (non-hydrogen) atoms. The number of hydrogen-bond acceptors (Lipinski definition) is 4. The van der Waals surface area contributed by atoms with Crippen molar-refractivity contribution in [1.82, 2.24) is 0 Å². The van der Waals surface area contributed by atoms with Gasteiger partial charge in [-0.15, -0.1) is 0 Å². The molecule has 0 radical (unpaired) electrons. The van der Waals surface area contributed by atoms with Crippen LogP contribution in [0.2, 0.25) is 0 Å². The smallest absolute Gasteiger partial charge is 0.286 e. The lowest BCUT2D eigenvalue weighted by molar-refractivity contribution is 0.122. The van der Waals surface area contributed by atoms with E-state index in [1.54, 1.807) is 13.8 Å². The topological polar surface area (TPSA) is 44.8 Å². The number of phosphoric acid groups is 1. The normalized spacial score (nSPS) is 18.7. The molecule has 0 amide bonds. The monoisotopic (exact) mass is 216 g/mol. The van der Waals surface area contributed by atoms with Crippen LogP contribution in [0.3, 0.4) is 0 Å². The Kier molecular flexibility index (Phi) is 6.14. The molecule has 0 saturated carbocycles. The largest absolute Gasteiger partial charge is 0.491 e. The van der Waals surface area contributed by atoms with E-state index >= 15 is 0 Å². The fourth-order valence-electron chi connectivity index (χ4n) is 0.520. The summed E-state index contributed by atoms with van der Waals surface area (Å²) in [5, 5.41) is 0. The summed E-state index contributed by atoms with van der Waals surface area (Å²) in [7, 11) is -3.51. The Morgan fingerprint density at radius 1 is 1.50 bits per heavy atom. The highest BCUT2D eigenvalue weighted by Gasteiger charge is 2.27. The van der Waals surface area contributed by atoms with Crippen molar-refractivity contribution in [3.05, 3.63) is 0 Å². The average Bonchev–Trinajstić information content (AvgIpc) is 2.05. The molecule has 74 valence electrons. The minimum atomic E-state index is -3.51. The number of rotatable bonds is 6. The van der Waals surface area contributed by atoms with Crippen molar-refractivity contribution in [2.24, 2.45) is 0 Å². The summed E-state index contributed by atoms with van der Waals surface area (Å²) in [5.41, 5.74) is 0. The number of phosphoric ester groups is 1. The SMILES string of the molecule is CCOP(=O)(OCl)O[C@@H](C)CC. The van der Waals surface area contributed by atoms with E-state index in [2.05, 4.69) is 4.08 Å². The maximum Gasteiger partial charge on any atom is 0.491 e. The zero-order valence-corrected chi connectivity index (χ0v) is 9.10. The molecule has 0 bridgehead atoms. The second-order valence-corrected chi connectivity index (χ2v) is 4.17. The Morgan fingerprint density at radius 2 is 2.08 bits per heavy atom. The van der Waals surface area contributed by atoms with Crippen molar-refractivity contribution in [2.45, 2.75) is 33.3 Å². The molecular weight excluding hydrogens is 202 g/mol. The molecule has 6 heteroatoms. The third kappa shape index (κ3) is 4.43. The van der Waals surface area contributed by atoms with Crippen LogP contribution in [0.25, 0.3) is 0 Å². The quantitative estimate of drug-likeness (QED) is 0.640. The number of halogens is 1. The fraction of sp³-hybridized carbons (Fsp3) is 1.00. The first kappa shape index (κ1) is 12.4. The summed E-state index contributed by atoms with van der Waals surface area (Å²) >= 11 is 4.98. The van der Waals surface area contributed by atoms with E-state index in [0.717, 1.165) is 6.42 Å². The van der Waals surface area contributed by atoms with Crippen molar-refractivity contribution in [3.8, 4) is 0 Å². The van der Waals surface area contributed by atoms with Gasteiger partial charge in [-0.1, -0.05) is 6.92 Å². The highest BCUT2D eigenvalue weighted by Crippen LogP contribution is 2.51. The molecule has 2 atom stereocenters. The maximum absolute atomic E-state index is 11.4. The standard InChI is InChI=1S/C6H14ClO4P/c1-4-6(3)10-12(8,11-7)9-5-2/h6H,4-5H2,1-3H3/t6-,12?/m0/s1. The third-order valence-corrected chi connectivity index (χ3v) is 3.12. The van der Waals surface area contributed by atoms with Crippen molar-refractivity contribution in [1.29, 1.82) is 0 Å². The third-order valence-electron chi connectivity index (χ3n) is 1.26. The Hall–Kier alpha value is 0.400. The van der Waals surface area contributed by atoms with Gasteiger partial charge in [0, 0.05) is 0 Å². The van der Waals surface area contributed by atoms with Crippen LogP contribution in [0.15, 0.2) is 0 Å². The lowest BCUT2D eigenvalue weighted by Crippen LogP contribution is -2.06. The minimum absolute atomic E-state index is 0.193. The molecule has 0 saturated heterocycles. The predicted molar refractivity (Wildman–Crippen MR) is 47.0 cm³/mol. The van der Waals surface area contributed by atoms with Gasteiger partial charge < -0.3 is 0 Å². The molecule has 0 heterocycles. The minimum Gasteiger partial charge on any atom is -0.286 e. The van der Waals surface area contributed by atoms with E-state index in [9.17, 15) is 4.57 Å². The molecule has 0 aliphatic carbocycles. The Morgan fingerprint density at radius 3 is 2.42 bits per heavy atom. The molecule has 0 aromatic carbocycles. The highest BCUT2D eigenvalue weighted by molar-refractivity contribution is 7.49. The van der Waals surface area contributed by atoms with Gasteiger partial charge >= 0.3 is 7.82 Å². The van der Waals surface area contributed by atoms with Crippen LogP contribution in [0.1, 0.15) is 27.2 Å². The summed E-state index contributed by atoms with van der Waals surface area (Å²) in [4.78, 5) is 0. The molecule has 0 spiro atoms. The molecule has 0 rings (SSSR count). The van der Waals surface area contributed by atoms with Gasteiger partial charge in [0.1, 0.15) is 0 Å². The number of hydrogen-bond donors (Lipinski definition) is 0. The Bertz CT molecular complexity index is 164. The van der Waals surface area contributed by atoms with Gasteiger partial charge in [-0.05, 0) is 20.3 Å². The van der Waals surface area contributed by atoms with Crippen molar-refractivity contribution in [2.75, 3.05) is 6.61 Å². The van der Waals surface area contributed by atoms with Crippen LogP contribution in [0, 0.1) is 0 Å². The van der Waals surface area contributed by atoms with E-state index in [1.165, 1.54) is 0 Å². The molecule has 0 aliphatic heterocycles. The van der Waals surface area contributed by atoms with Crippen LogP contribution in [0.5, 0.6) is 0 Å². The van der Waals surface area contributed by atoms with Crippen LogP contribution >= 0.6 is 19.7 Å². The van der Waals surface area contributed by atoms with Crippen LogP contribution in [-0.2, 0) is 17.7 Å². The van der Waals surface area contributed by atoms with E-state index in [1.807, 2.05) is 6.92 Å². The van der Waals surface area contributed by atoms with Crippen LogP contribution in [0.4, 0.5) is 0 Å². The van der Waals surface area contributed by atoms with Crippen LogP contribution < -0.4 is 0 Å². The van der Waals surface area contributed by atoms with Crippen LogP contribution in [-0.4, -0.2) is 12.7 Å². The van der Waals surface area contributed by atoms with Crippen molar-refractivity contribution >= 4 is 19.7 Å². The highest BCUT2D eigenvalue weighted by atomic mass is 35.5.